The van der Waals surface area contributed by atoms with E-state index in [1.807, 2.05) is 29.2 Å². The monoisotopic (exact) mass is 466 g/mol. The predicted molar refractivity (Wildman–Crippen MR) is 115 cm³/mol. The molecule has 1 unspecified atom stereocenters. The Labute approximate surface area is 179 Å². The smallest absolute Gasteiger partial charge is 0.275 e. The van der Waals surface area contributed by atoms with Gasteiger partial charge in [-0.1, -0.05) is 11.6 Å². The van der Waals surface area contributed by atoms with Crippen molar-refractivity contribution >= 4 is 45.8 Å². The molecule has 1 atom stereocenters. The molecule has 28 heavy (non-hydrogen) atoms. The SMILES string of the molecule is Br.O=[N+]([O-])c1ccc(C2(O)C[N+]3=C(CCCCC3)N2c2ccc(Cl)cc2)cc1. The summed E-state index contributed by atoms with van der Waals surface area (Å²) in [5, 5.41) is 23.4. The highest BCUT2D eigenvalue weighted by Gasteiger charge is 2.54. The van der Waals surface area contributed by atoms with Crippen LogP contribution in [0.25, 0.3) is 0 Å². The van der Waals surface area contributed by atoms with Crippen LogP contribution in [0.3, 0.4) is 0 Å². The van der Waals surface area contributed by atoms with Crippen LogP contribution in [-0.4, -0.2) is 33.5 Å². The first-order chi connectivity index (χ1) is 13.0. The second-order valence-corrected chi connectivity index (χ2v) is 7.52. The van der Waals surface area contributed by atoms with Gasteiger partial charge in [-0.3, -0.25) is 14.7 Å². The summed E-state index contributed by atoms with van der Waals surface area (Å²) in [4.78, 5) is 12.5. The molecule has 0 spiro atoms. The summed E-state index contributed by atoms with van der Waals surface area (Å²) in [5.74, 6) is 1.09. The number of rotatable bonds is 3. The van der Waals surface area contributed by atoms with E-state index < -0.39 is 10.6 Å². The Kier molecular flexibility index (Phi) is 6.07. The van der Waals surface area contributed by atoms with E-state index in [-0.39, 0.29) is 22.7 Å². The van der Waals surface area contributed by atoms with E-state index in [9.17, 15) is 15.2 Å². The lowest BCUT2D eigenvalue weighted by Crippen LogP contribution is -2.47. The fourth-order valence-electron chi connectivity index (χ4n) is 4.05. The van der Waals surface area contributed by atoms with Gasteiger partial charge in [0.25, 0.3) is 17.2 Å². The molecule has 2 heterocycles. The number of halogens is 2. The Morgan fingerprint density at radius 1 is 1.07 bits per heavy atom. The van der Waals surface area contributed by atoms with E-state index in [0.717, 1.165) is 37.3 Å². The zero-order valence-corrected chi connectivity index (χ0v) is 17.7. The molecule has 0 saturated carbocycles. The predicted octanol–water partition coefficient (Wildman–Crippen LogP) is 4.48. The Hall–Kier alpha value is -1.96. The van der Waals surface area contributed by atoms with Crippen molar-refractivity contribution in [2.75, 3.05) is 18.0 Å². The number of hydrogen-bond acceptors (Lipinski definition) is 4. The molecule has 8 heteroatoms. The van der Waals surface area contributed by atoms with Crippen molar-refractivity contribution in [1.82, 2.24) is 0 Å². The molecule has 0 aliphatic carbocycles. The molecule has 0 aromatic heterocycles. The van der Waals surface area contributed by atoms with Crippen LogP contribution in [-0.2, 0) is 5.72 Å². The van der Waals surface area contributed by atoms with Gasteiger partial charge < -0.3 is 5.11 Å². The summed E-state index contributed by atoms with van der Waals surface area (Å²) in [6.45, 7) is 1.33. The van der Waals surface area contributed by atoms with Gasteiger partial charge in [-0.05, 0) is 55.7 Å². The maximum Gasteiger partial charge on any atom is 0.275 e. The second kappa shape index (κ2) is 8.19. The highest BCUT2D eigenvalue weighted by Crippen LogP contribution is 2.38. The lowest BCUT2D eigenvalue weighted by Gasteiger charge is -2.29. The van der Waals surface area contributed by atoms with Gasteiger partial charge >= 0.3 is 0 Å². The van der Waals surface area contributed by atoms with E-state index in [4.69, 9.17) is 11.6 Å². The number of hydrogen-bond donors (Lipinski definition) is 1. The van der Waals surface area contributed by atoms with Gasteiger partial charge in [0.05, 0.1) is 11.5 Å². The lowest BCUT2D eigenvalue weighted by molar-refractivity contribution is -0.534. The Morgan fingerprint density at radius 3 is 2.39 bits per heavy atom. The summed E-state index contributed by atoms with van der Waals surface area (Å²) >= 11 is 6.05. The van der Waals surface area contributed by atoms with Gasteiger partial charge in [0.1, 0.15) is 5.69 Å². The van der Waals surface area contributed by atoms with Gasteiger partial charge in [-0.2, -0.15) is 4.90 Å². The standard InChI is InChI=1S/C20H21ClN3O3.BrH/c21-16-7-11-17(12-8-16)23-19-4-2-1-3-13-22(19)14-20(23,25)15-5-9-18(10-6-15)24(26)27;/h5-12,25H,1-4,13-14H2;1H/q+1;. The van der Waals surface area contributed by atoms with Crippen molar-refractivity contribution in [3.8, 4) is 0 Å². The molecule has 0 saturated heterocycles. The van der Waals surface area contributed by atoms with Gasteiger partial charge in [-0.25, -0.2) is 0 Å². The third kappa shape index (κ3) is 3.66. The fourth-order valence-corrected chi connectivity index (χ4v) is 4.17. The minimum atomic E-state index is -1.28. The summed E-state index contributed by atoms with van der Waals surface area (Å²) in [5.41, 5.74) is 0.235. The van der Waals surface area contributed by atoms with Crippen molar-refractivity contribution in [1.29, 1.82) is 0 Å². The summed E-state index contributed by atoms with van der Waals surface area (Å²) in [6.07, 6.45) is 4.23. The summed E-state index contributed by atoms with van der Waals surface area (Å²) in [7, 11) is 0. The molecule has 0 amide bonds. The minimum Gasteiger partial charge on any atom is -0.346 e. The van der Waals surface area contributed by atoms with Crippen LogP contribution < -0.4 is 4.90 Å². The summed E-state index contributed by atoms with van der Waals surface area (Å²) < 4.78 is 2.24. The van der Waals surface area contributed by atoms with Crippen LogP contribution in [0.4, 0.5) is 11.4 Å². The van der Waals surface area contributed by atoms with E-state index in [1.54, 1.807) is 12.1 Å². The number of non-ortho nitro benzene ring substituents is 1. The largest absolute Gasteiger partial charge is 0.346 e. The van der Waals surface area contributed by atoms with Crippen molar-refractivity contribution in [2.24, 2.45) is 0 Å². The van der Waals surface area contributed by atoms with E-state index in [0.29, 0.717) is 17.1 Å². The maximum atomic E-state index is 11.8. The Morgan fingerprint density at radius 2 is 1.75 bits per heavy atom. The molecular weight excluding hydrogens is 446 g/mol. The van der Waals surface area contributed by atoms with Crippen LogP contribution in [0.15, 0.2) is 48.5 Å². The first-order valence-electron chi connectivity index (χ1n) is 9.13. The molecule has 0 bridgehead atoms. The molecule has 2 aromatic carbocycles. The minimum absolute atomic E-state index is 0. The van der Waals surface area contributed by atoms with E-state index in [1.165, 1.54) is 18.6 Å². The van der Waals surface area contributed by atoms with Crippen molar-refractivity contribution < 1.29 is 14.6 Å². The lowest BCUT2D eigenvalue weighted by atomic mass is 9.99. The van der Waals surface area contributed by atoms with Crippen LogP contribution in [0, 0.1) is 10.1 Å². The molecule has 1 N–H and O–H groups in total. The van der Waals surface area contributed by atoms with Crippen molar-refractivity contribution in [3.05, 3.63) is 69.2 Å². The molecule has 6 nitrogen and oxygen atoms in total. The first-order valence-corrected chi connectivity index (χ1v) is 9.51. The third-order valence-corrected chi connectivity index (χ3v) is 5.61. The number of nitro benzene ring substituents is 1. The number of nitro groups is 1. The van der Waals surface area contributed by atoms with Crippen LogP contribution >= 0.6 is 28.6 Å². The molecule has 4 rings (SSSR count). The topological polar surface area (TPSA) is 69.6 Å². The van der Waals surface area contributed by atoms with Crippen molar-refractivity contribution in [2.45, 2.75) is 31.4 Å². The number of anilines is 1. The third-order valence-electron chi connectivity index (χ3n) is 5.36. The normalized spacial score (nSPS) is 21.7. The molecule has 0 fully saturated rings. The average molecular weight is 468 g/mol. The van der Waals surface area contributed by atoms with Gasteiger partial charge in [0.15, 0.2) is 6.54 Å². The first kappa shape index (κ1) is 20.8. The molecule has 0 radical (unpaired) electrons. The average Bonchev–Trinajstić information content (AvgIpc) is 2.79. The van der Waals surface area contributed by atoms with Gasteiger partial charge in [0.2, 0.25) is 0 Å². The highest BCUT2D eigenvalue weighted by atomic mass is 79.9. The molecule has 2 aromatic rings. The Balaban J connectivity index is 0.00000225. The second-order valence-electron chi connectivity index (χ2n) is 7.08. The number of nitrogens with zero attached hydrogens (tertiary/aromatic N) is 3. The van der Waals surface area contributed by atoms with Crippen LogP contribution in [0.1, 0.15) is 31.2 Å². The van der Waals surface area contributed by atoms with E-state index in [2.05, 4.69) is 4.58 Å². The van der Waals surface area contributed by atoms with E-state index >= 15 is 0 Å². The molecular formula is C20H22BrClN3O3+. The zero-order chi connectivity index (χ0) is 19.0. The molecule has 2 aliphatic rings. The zero-order valence-electron chi connectivity index (χ0n) is 15.3. The van der Waals surface area contributed by atoms with Gasteiger partial charge in [-0.15, -0.1) is 17.0 Å². The maximum absolute atomic E-state index is 11.8. The number of benzene rings is 2. The van der Waals surface area contributed by atoms with Crippen molar-refractivity contribution in [3.63, 3.8) is 0 Å². The summed E-state index contributed by atoms with van der Waals surface area (Å²) in [6, 6.07) is 13.6. The van der Waals surface area contributed by atoms with Crippen LogP contribution in [0.5, 0.6) is 0 Å². The molecule has 2 aliphatic heterocycles. The fraction of sp³-hybridized carbons (Fsp3) is 0.350. The van der Waals surface area contributed by atoms with Gasteiger partial charge in [0, 0.05) is 29.1 Å². The number of amidine groups is 1. The Bertz CT molecular complexity index is 902. The quantitative estimate of drug-likeness (QED) is 0.411. The molecule has 148 valence electrons. The number of aliphatic hydroxyl groups is 1. The van der Waals surface area contributed by atoms with Crippen LogP contribution in [0.2, 0.25) is 5.02 Å². The highest BCUT2D eigenvalue weighted by molar-refractivity contribution is 8.93.